The average molecular weight is 1130 g/mol. The first-order valence-electron chi connectivity index (χ1n) is 19.6. The highest BCUT2D eigenvalue weighted by Crippen LogP contribution is 2.68. The maximum atomic E-state index is 15.6. The second-order valence-electron chi connectivity index (χ2n) is 15.8. The Hall–Kier alpha value is -3.18. The topological polar surface area (TPSA) is 0 Å². The van der Waals surface area contributed by atoms with E-state index in [0.29, 0.717) is 19.5 Å². The van der Waals surface area contributed by atoms with Crippen molar-refractivity contribution in [1.29, 1.82) is 0 Å². The normalized spacial score (nSPS) is 19.0. The summed E-state index contributed by atoms with van der Waals surface area (Å²) in [6.45, 7) is 5.56. The molecule has 0 unspecified atom stereocenters. The molecule has 2 aliphatic carbocycles. The van der Waals surface area contributed by atoms with Gasteiger partial charge in [0.15, 0.2) is 0 Å². The summed E-state index contributed by atoms with van der Waals surface area (Å²) in [5.74, 6) is -32.2. The van der Waals surface area contributed by atoms with Gasteiger partial charge in [-0.25, -0.2) is 0 Å². The van der Waals surface area contributed by atoms with Crippen LogP contribution in [-0.2, 0) is 0 Å². The van der Waals surface area contributed by atoms with E-state index in [4.69, 9.17) is 23.2 Å². The van der Waals surface area contributed by atoms with E-state index < -0.39 is 80.1 Å². The van der Waals surface area contributed by atoms with E-state index in [0.717, 1.165) is 86.7 Å². The minimum absolute atomic E-state index is 0.00888. The molecule has 0 nitrogen and oxygen atoms in total. The van der Waals surface area contributed by atoms with Crippen LogP contribution in [0.5, 0.6) is 0 Å². The number of hydrogen-bond donors (Lipinski definition) is 0. The van der Waals surface area contributed by atoms with Crippen LogP contribution in [0.3, 0.4) is 0 Å². The first-order chi connectivity index (χ1) is 31.7. The van der Waals surface area contributed by atoms with Gasteiger partial charge in [-0.15, -0.1) is 90.7 Å². The fourth-order valence-electron chi connectivity index (χ4n) is 8.37. The smallest absolute Gasteiger partial charge is 0.194 e. The molecule has 0 saturated heterocycles. The maximum absolute atomic E-state index is 15.6. The molecule has 0 saturated carbocycles. The van der Waals surface area contributed by atoms with E-state index in [1.54, 1.807) is 12.1 Å². The lowest BCUT2D eigenvalue weighted by molar-refractivity contribution is -0.254. The first kappa shape index (κ1) is 48.4. The highest BCUT2D eigenvalue weighted by atomic mass is 35.5. The standard InChI is InChI=1S/C46H24Cl2F12S8/c1-17-21(37-39(23-15-35(47)63-19(23)3)43(53,54)45(57,58)41(37,49)50)13-33(61-17)31-11-9-29(67-31)27-7-5-25(65-27)26-6-8-28(66-26)30-10-12-32(68-30)34-14-22(18(2)62-34)38-40(24-16-36(48)64-20(24)4)44(55,56)46(59,60)42(38,51)52/h5-16H,1-4H3. The third-order valence-corrected chi connectivity index (χ3v) is 21.4. The number of hydrogen-bond acceptors (Lipinski definition) is 8. The van der Waals surface area contributed by atoms with E-state index in [9.17, 15) is 17.6 Å². The van der Waals surface area contributed by atoms with Gasteiger partial charge in [-0.1, -0.05) is 23.2 Å². The molecule has 0 radical (unpaired) electrons. The molecule has 0 amide bonds. The predicted molar refractivity (Wildman–Crippen MR) is 262 cm³/mol. The summed E-state index contributed by atoms with van der Waals surface area (Å²) in [6, 6.07) is 19.3. The van der Waals surface area contributed by atoms with Gasteiger partial charge in [0.1, 0.15) is 0 Å². The average Bonchev–Trinajstić information content (AvgIpc) is 4.10. The first-order valence-corrected chi connectivity index (χ1v) is 26.9. The van der Waals surface area contributed by atoms with Crippen molar-refractivity contribution in [2.45, 2.75) is 63.2 Å². The van der Waals surface area contributed by atoms with Gasteiger partial charge in [-0.2, -0.15) is 52.7 Å². The van der Waals surface area contributed by atoms with Crippen LogP contribution in [0.2, 0.25) is 8.67 Å². The highest BCUT2D eigenvalue weighted by Gasteiger charge is 2.81. The molecular weight excluding hydrogens is 1110 g/mol. The van der Waals surface area contributed by atoms with Crippen molar-refractivity contribution in [3.63, 3.8) is 0 Å². The van der Waals surface area contributed by atoms with Gasteiger partial charge in [0.25, 0.3) is 0 Å². The van der Waals surface area contributed by atoms with Gasteiger partial charge in [0, 0.05) is 90.6 Å². The maximum Gasteiger partial charge on any atom is 0.380 e. The van der Waals surface area contributed by atoms with Crippen molar-refractivity contribution in [3.05, 3.63) is 123 Å². The molecule has 0 fully saturated rings. The third-order valence-electron chi connectivity index (χ3n) is 11.7. The van der Waals surface area contributed by atoms with Crippen molar-refractivity contribution in [2.24, 2.45) is 0 Å². The monoisotopic (exact) mass is 1130 g/mol. The van der Waals surface area contributed by atoms with Crippen LogP contribution in [0.1, 0.15) is 41.8 Å². The molecule has 8 aromatic heterocycles. The Morgan fingerprint density at radius 1 is 0.294 bits per heavy atom. The quantitative estimate of drug-likeness (QED) is 0.126. The number of thiophene rings is 8. The van der Waals surface area contributed by atoms with Crippen molar-refractivity contribution >= 4 is 136 Å². The predicted octanol–water partition coefficient (Wildman–Crippen LogP) is 20.7. The zero-order valence-electron chi connectivity index (χ0n) is 34.5. The number of alkyl halides is 12. The van der Waals surface area contributed by atoms with Crippen LogP contribution >= 0.6 is 114 Å². The van der Waals surface area contributed by atoms with Crippen molar-refractivity contribution in [1.82, 2.24) is 0 Å². The van der Waals surface area contributed by atoms with Gasteiger partial charge in [0.05, 0.1) is 8.67 Å². The van der Waals surface area contributed by atoms with E-state index in [1.165, 1.54) is 85.2 Å². The minimum Gasteiger partial charge on any atom is -0.194 e. The zero-order valence-corrected chi connectivity index (χ0v) is 42.5. The molecule has 0 N–H and O–H groups in total. The van der Waals surface area contributed by atoms with Crippen LogP contribution in [0.15, 0.2) is 72.8 Å². The van der Waals surface area contributed by atoms with E-state index in [-0.39, 0.29) is 28.2 Å². The van der Waals surface area contributed by atoms with Gasteiger partial charge >= 0.3 is 35.5 Å². The summed E-state index contributed by atoms with van der Waals surface area (Å²) in [4.78, 5) is 7.73. The third kappa shape index (κ3) is 7.03. The second-order valence-corrected chi connectivity index (χ2v) is 26.4. The summed E-state index contributed by atoms with van der Waals surface area (Å²) in [5, 5.41) is 0. The highest BCUT2D eigenvalue weighted by molar-refractivity contribution is 7.30. The van der Waals surface area contributed by atoms with Crippen LogP contribution in [0.25, 0.3) is 71.1 Å². The van der Waals surface area contributed by atoms with E-state index >= 15 is 35.1 Å². The fourth-order valence-corrected chi connectivity index (χ4v) is 17.3. The molecule has 68 heavy (non-hydrogen) atoms. The van der Waals surface area contributed by atoms with E-state index in [2.05, 4.69) is 0 Å². The molecule has 10 rings (SSSR count). The Bertz CT molecular complexity index is 3190. The molecule has 0 aromatic carbocycles. The molecular formula is C46H24Cl2F12S8. The Balaban J connectivity index is 0.913. The molecule has 354 valence electrons. The molecule has 0 atom stereocenters. The minimum atomic E-state index is -5.70. The number of rotatable bonds is 9. The largest absolute Gasteiger partial charge is 0.380 e. The molecule has 8 heterocycles. The Morgan fingerprint density at radius 3 is 0.721 bits per heavy atom. The molecule has 22 heteroatoms. The SMILES string of the molecule is Cc1sc(Cl)cc1C1=C(c2cc(-c3ccc(-c4ccc(-c5ccc(-c6ccc(-c7cc(C8=C(c9cc(Cl)sc9C)C(F)(F)C(F)(F)C8(F)F)c(C)s7)s6)s5)s4)s3)sc2C)C(F)(F)C(F)(F)C1(F)F. The Labute approximate surface area is 420 Å². The summed E-state index contributed by atoms with van der Waals surface area (Å²) < 4.78 is 184. The molecule has 0 spiro atoms. The van der Waals surface area contributed by atoms with Crippen LogP contribution in [0.4, 0.5) is 52.7 Å². The molecule has 0 aliphatic heterocycles. The van der Waals surface area contributed by atoms with E-state index in [1.807, 2.05) is 36.4 Å². The number of allylic oxidation sites excluding steroid dienone is 4. The molecule has 2 aliphatic rings. The second kappa shape index (κ2) is 16.2. The summed E-state index contributed by atoms with van der Waals surface area (Å²) in [5.41, 5.74) is -7.41. The lowest BCUT2D eigenvalue weighted by Gasteiger charge is -2.25. The van der Waals surface area contributed by atoms with Crippen molar-refractivity contribution in [3.8, 4) is 48.8 Å². The van der Waals surface area contributed by atoms with Crippen molar-refractivity contribution < 1.29 is 52.7 Å². The van der Waals surface area contributed by atoms with Crippen LogP contribution in [-0.4, -0.2) is 35.5 Å². The van der Waals surface area contributed by atoms with Gasteiger partial charge in [0.2, 0.25) is 0 Å². The summed E-state index contributed by atoms with van der Waals surface area (Å²) in [7, 11) is 0. The van der Waals surface area contributed by atoms with Gasteiger partial charge in [-0.3, -0.25) is 0 Å². The van der Waals surface area contributed by atoms with Crippen LogP contribution < -0.4 is 0 Å². The lowest BCUT2D eigenvalue weighted by atomic mass is 9.95. The lowest BCUT2D eigenvalue weighted by Crippen LogP contribution is -2.48. The number of aryl methyl sites for hydroxylation is 4. The van der Waals surface area contributed by atoms with Crippen molar-refractivity contribution in [2.75, 3.05) is 0 Å². The van der Waals surface area contributed by atoms with Gasteiger partial charge < -0.3 is 0 Å². The Morgan fingerprint density at radius 2 is 0.500 bits per heavy atom. The summed E-state index contributed by atoms with van der Waals surface area (Å²) >= 11 is 21.3. The molecule has 0 bridgehead atoms. The zero-order chi connectivity index (χ0) is 49.0. The van der Waals surface area contributed by atoms with Crippen LogP contribution in [0, 0.1) is 27.7 Å². The number of halogens is 14. The fraction of sp³-hybridized carbons (Fsp3) is 0.217. The Kier molecular flexibility index (Phi) is 11.5. The van der Waals surface area contributed by atoms with Gasteiger partial charge in [-0.05, 0) is 123 Å². The molecule has 8 aromatic rings. The summed E-state index contributed by atoms with van der Waals surface area (Å²) in [6.07, 6.45) is 0.